The molecule has 0 saturated carbocycles. The fourth-order valence-electron chi connectivity index (χ4n) is 2.35. The van der Waals surface area contributed by atoms with Crippen LogP contribution in [0.5, 0.6) is 0 Å². The summed E-state index contributed by atoms with van der Waals surface area (Å²) < 4.78 is 5.25. The number of ether oxygens (including phenoxy) is 1. The summed E-state index contributed by atoms with van der Waals surface area (Å²) in [5.74, 6) is 0. The molecule has 1 unspecified atom stereocenters. The van der Waals surface area contributed by atoms with Gasteiger partial charge in [-0.25, -0.2) is 4.98 Å². The zero-order valence-electron chi connectivity index (χ0n) is 10.9. The summed E-state index contributed by atoms with van der Waals surface area (Å²) >= 11 is 1.83. The molecule has 1 aromatic rings. The van der Waals surface area contributed by atoms with E-state index in [1.54, 1.807) is 0 Å². The maximum absolute atomic E-state index is 8.59. The highest BCUT2D eigenvalue weighted by Crippen LogP contribution is 2.33. The number of hydrogen-bond acceptors (Lipinski definition) is 5. The molecule has 2 N–H and O–H groups in total. The fourth-order valence-corrected chi connectivity index (χ4v) is 3.44. The number of nitrogens with zero attached hydrogens (tertiary/aromatic N) is 1. The van der Waals surface area contributed by atoms with Crippen molar-refractivity contribution >= 4 is 11.3 Å². The third-order valence-electron chi connectivity index (χ3n) is 3.15. The molecule has 1 aromatic heterocycles. The highest BCUT2D eigenvalue weighted by Gasteiger charge is 2.22. The minimum Gasteiger partial charge on any atom is -0.394 e. The van der Waals surface area contributed by atoms with Gasteiger partial charge in [-0.3, -0.25) is 0 Å². The lowest BCUT2D eigenvalue weighted by atomic mass is 9.98. The Morgan fingerprint density at radius 1 is 1.50 bits per heavy atom. The number of aromatic nitrogens is 1. The van der Waals surface area contributed by atoms with E-state index in [1.807, 2.05) is 11.3 Å². The minimum absolute atomic E-state index is 0.111. The van der Waals surface area contributed by atoms with Gasteiger partial charge in [0, 0.05) is 17.5 Å². The molecule has 0 aromatic carbocycles. The van der Waals surface area contributed by atoms with Crippen molar-refractivity contribution in [2.75, 3.05) is 26.4 Å². The van der Waals surface area contributed by atoms with E-state index in [2.05, 4.69) is 17.2 Å². The van der Waals surface area contributed by atoms with Gasteiger partial charge in [-0.2, -0.15) is 0 Å². The third kappa shape index (κ3) is 3.75. The van der Waals surface area contributed by atoms with Crippen LogP contribution in [0.25, 0.3) is 0 Å². The van der Waals surface area contributed by atoms with E-state index in [9.17, 15) is 0 Å². The second-order valence-electron chi connectivity index (χ2n) is 4.63. The van der Waals surface area contributed by atoms with Gasteiger partial charge < -0.3 is 15.2 Å². The second-order valence-corrected chi connectivity index (χ2v) is 5.87. The van der Waals surface area contributed by atoms with E-state index in [0.29, 0.717) is 12.6 Å². The molecule has 5 heteroatoms. The second kappa shape index (κ2) is 7.19. The van der Waals surface area contributed by atoms with Gasteiger partial charge in [0.2, 0.25) is 0 Å². The van der Waals surface area contributed by atoms with Crippen LogP contribution in [0.3, 0.4) is 0 Å². The van der Waals surface area contributed by atoms with Crippen molar-refractivity contribution in [1.29, 1.82) is 0 Å². The number of thiazole rings is 1. The van der Waals surface area contributed by atoms with E-state index in [0.717, 1.165) is 26.0 Å². The predicted octanol–water partition coefficient (Wildman–Crippen LogP) is 1.82. The highest BCUT2D eigenvalue weighted by molar-refractivity contribution is 7.11. The summed E-state index contributed by atoms with van der Waals surface area (Å²) in [7, 11) is 0. The van der Waals surface area contributed by atoms with Crippen molar-refractivity contribution in [3.63, 3.8) is 0 Å². The lowest BCUT2D eigenvalue weighted by Crippen LogP contribution is -2.25. The smallest absolute Gasteiger partial charge is 0.0900 e. The van der Waals surface area contributed by atoms with E-state index in [1.165, 1.54) is 28.4 Å². The predicted molar refractivity (Wildman–Crippen MR) is 73.1 cm³/mol. The number of nitrogens with one attached hydrogen (secondary N) is 1. The lowest BCUT2D eigenvalue weighted by molar-refractivity contribution is 0.0903. The summed E-state index contributed by atoms with van der Waals surface area (Å²) in [6, 6.07) is 0.484. The summed E-state index contributed by atoms with van der Waals surface area (Å²) in [5, 5.41) is 13.4. The minimum atomic E-state index is 0.111. The Morgan fingerprint density at radius 2 is 2.39 bits per heavy atom. The quantitative estimate of drug-likeness (QED) is 0.742. The summed E-state index contributed by atoms with van der Waals surface area (Å²) in [6.07, 6.45) is 4.57. The Labute approximate surface area is 112 Å². The number of aryl methyl sites for hydroxylation is 2. The van der Waals surface area contributed by atoms with Crippen molar-refractivity contribution in [1.82, 2.24) is 10.3 Å². The van der Waals surface area contributed by atoms with Crippen molar-refractivity contribution in [3.05, 3.63) is 15.6 Å². The molecule has 1 atom stereocenters. The summed E-state index contributed by atoms with van der Waals surface area (Å²) in [6.45, 7) is 4.32. The normalized spacial score (nSPS) is 18.9. The van der Waals surface area contributed by atoms with Crippen LogP contribution in [-0.4, -0.2) is 36.5 Å². The van der Waals surface area contributed by atoms with Gasteiger partial charge in [0.15, 0.2) is 0 Å². The molecule has 1 aliphatic rings. The van der Waals surface area contributed by atoms with Crippen LogP contribution in [0.1, 0.15) is 40.9 Å². The average molecular weight is 270 g/mol. The zero-order valence-corrected chi connectivity index (χ0v) is 11.8. The van der Waals surface area contributed by atoms with Gasteiger partial charge in [-0.05, 0) is 39.2 Å². The number of rotatable bonds is 7. The van der Waals surface area contributed by atoms with Crippen LogP contribution >= 0.6 is 11.3 Å². The van der Waals surface area contributed by atoms with Gasteiger partial charge in [-0.15, -0.1) is 11.3 Å². The van der Waals surface area contributed by atoms with Crippen LogP contribution in [0.2, 0.25) is 0 Å². The molecule has 0 radical (unpaired) electrons. The molecule has 0 aliphatic heterocycles. The Hall–Kier alpha value is -0.490. The first-order valence-corrected chi connectivity index (χ1v) is 7.51. The highest BCUT2D eigenvalue weighted by atomic mass is 32.1. The van der Waals surface area contributed by atoms with Crippen LogP contribution < -0.4 is 5.32 Å². The molecule has 0 saturated heterocycles. The molecule has 102 valence electrons. The average Bonchev–Trinajstić information content (AvgIpc) is 2.74. The molecular formula is C13H22N2O2S. The van der Waals surface area contributed by atoms with Gasteiger partial charge >= 0.3 is 0 Å². The molecular weight excluding hydrogens is 248 g/mol. The first kappa shape index (κ1) is 13.9. The van der Waals surface area contributed by atoms with Crippen molar-refractivity contribution in [3.8, 4) is 0 Å². The zero-order chi connectivity index (χ0) is 12.8. The van der Waals surface area contributed by atoms with Gasteiger partial charge in [-0.1, -0.05) is 0 Å². The molecule has 18 heavy (non-hydrogen) atoms. The topological polar surface area (TPSA) is 54.4 Å². The molecule has 0 spiro atoms. The third-order valence-corrected chi connectivity index (χ3v) is 4.28. The van der Waals surface area contributed by atoms with E-state index in [4.69, 9.17) is 9.84 Å². The Bertz CT molecular complexity index is 368. The maximum Gasteiger partial charge on any atom is 0.0900 e. The van der Waals surface area contributed by atoms with Crippen LogP contribution in [0.4, 0.5) is 0 Å². The van der Waals surface area contributed by atoms with Crippen LogP contribution in [0.15, 0.2) is 0 Å². The Kier molecular flexibility index (Phi) is 5.56. The molecule has 2 rings (SSSR count). The van der Waals surface area contributed by atoms with Gasteiger partial charge in [0.25, 0.3) is 0 Å². The SMILES string of the molecule is Cc1nc2c(s1)C(NCCCOCCO)CCC2. The van der Waals surface area contributed by atoms with Crippen molar-refractivity contribution in [2.24, 2.45) is 0 Å². The van der Waals surface area contributed by atoms with Crippen LogP contribution in [-0.2, 0) is 11.2 Å². The number of aliphatic hydroxyl groups excluding tert-OH is 1. The Morgan fingerprint density at radius 3 is 3.22 bits per heavy atom. The standard InChI is InChI=1S/C13H22N2O2S/c1-10-15-12-5-2-4-11(13(12)18-10)14-6-3-8-17-9-7-16/h11,14,16H,2-9H2,1H3. The Balaban J connectivity index is 1.74. The number of aliphatic hydroxyl groups is 1. The largest absolute Gasteiger partial charge is 0.394 e. The lowest BCUT2D eigenvalue weighted by Gasteiger charge is -2.22. The molecule has 4 nitrogen and oxygen atoms in total. The monoisotopic (exact) mass is 270 g/mol. The van der Waals surface area contributed by atoms with E-state index >= 15 is 0 Å². The summed E-state index contributed by atoms with van der Waals surface area (Å²) in [4.78, 5) is 6.04. The van der Waals surface area contributed by atoms with E-state index < -0.39 is 0 Å². The van der Waals surface area contributed by atoms with Crippen molar-refractivity contribution in [2.45, 2.75) is 38.6 Å². The number of fused-ring (bicyclic) bond motifs is 1. The van der Waals surface area contributed by atoms with Crippen LogP contribution in [0, 0.1) is 6.92 Å². The van der Waals surface area contributed by atoms with E-state index in [-0.39, 0.29) is 6.61 Å². The van der Waals surface area contributed by atoms with Crippen molar-refractivity contribution < 1.29 is 9.84 Å². The maximum atomic E-state index is 8.59. The fraction of sp³-hybridized carbons (Fsp3) is 0.769. The molecule has 0 bridgehead atoms. The molecule has 1 heterocycles. The first-order valence-electron chi connectivity index (χ1n) is 6.69. The van der Waals surface area contributed by atoms with Gasteiger partial charge in [0.05, 0.1) is 23.9 Å². The summed E-state index contributed by atoms with van der Waals surface area (Å²) in [5.41, 5.74) is 1.30. The van der Waals surface area contributed by atoms with Gasteiger partial charge in [0.1, 0.15) is 0 Å². The molecule has 0 fully saturated rings. The molecule has 0 amide bonds. The number of hydrogen-bond donors (Lipinski definition) is 2. The first-order chi connectivity index (χ1) is 8.81. The molecule has 1 aliphatic carbocycles.